The van der Waals surface area contributed by atoms with Gasteiger partial charge >= 0.3 is 0 Å². The number of aliphatic hydroxyl groups is 1. The van der Waals surface area contributed by atoms with Crippen molar-refractivity contribution < 1.29 is 9.90 Å². The molecule has 0 aliphatic carbocycles. The molecule has 1 unspecified atom stereocenters. The van der Waals surface area contributed by atoms with Crippen molar-refractivity contribution in [3.05, 3.63) is 12.7 Å². The van der Waals surface area contributed by atoms with E-state index >= 15 is 0 Å². The molecule has 10 heavy (non-hydrogen) atoms. The molecule has 3 nitrogen and oxygen atoms in total. The lowest BCUT2D eigenvalue weighted by molar-refractivity contribution is -0.121. The van der Waals surface area contributed by atoms with Gasteiger partial charge in [0.15, 0.2) is 5.78 Å². The first-order chi connectivity index (χ1) is 4.72. The molecule has 0 fully saturated rings. The molecule has 0 saturated carbocycles. The Morgan fingerprint density at radius 1 is 2.00 bits per heavy atom. The number of isothiocyanates is 1. The topological polar surface area (TPSA) is 49.7 Å². The van der Waals surface area contributed by atoms with E-state index in [-0.39, 0.29) is 6.54 Å². The Balaban J connectivity index is 3.83. The van der Waals surface area contributed by atoms with E-state index in [0.29, 0.717) is 0 Å². The van der Waals surface area contributed by atoms with Crippen LogP contribution in [-0.2, 0) is 4.79 Å². The largest absolute Gasteiger partial charge is 0.383 e. The van der Waals surface area contributed by atoms with E-state index in [1.807, 2.05) is 5.16 Å². The zero-order valence-electron chi connectivity index (χ0n) is 5.28. The van der Waals surface area contributed by atoms with Gasteiger partial charge in [0, 0.05) is 0 Å². The highest BCUT2D eigenvalue weighted by Gasteiger charge is 2.08. The molecular formula is C6H7NO2S. The van der Waals surface area contributed by atoms with E-state index in [9.17, 15) is 4.79 Å². The predicted molar refractivity (Wildman–Crippen MR) is 41.1 cm³/mol. The Morgan fingerprint density at radius 3 is 3.00 bits per heavy atom. The number of carbonyl (C=O) groups excluding carboxylic acids is 1. The molecule has 0 aromatic carbocycles. The quantitative estimate of drug-likeness (QED) is 0.360. The van der Waals surface area contributed by atoms with Gasteiger partial charge in [-0.15, -0.1) is 0 Å². The van der Waals surface area contributed by atoms with Crippen LogP contribution < -0.4 is 0 Å². The van der Waals surface area contributed by atoms with Gasteiger partial charge in [-0.1, -0.05) is 6.58 Å². The Labute approximate surface area is 64.1 Å². The van der Waals surface area contributed by atoms with E-state index in [1.165, 1.54) is 0 Å². The number of aliphatic hydroxyl groups excluding tert-OH is 1. The second kappa shape index (κ2) is 4.99. The van der Waals surface area contributed by atoms with Crippen LogP contribution in [0.15, 0.2) is 17.6 Å². The molecule has 0 heterocycles. The van der Waals surface area contributed by atoms with Gasteiger partial charge in [-0.05, 0) is 18.3 Å². The lowest BCUT2D eigenvalue weighted by atomic mass is 10.2. The van der Waals surface area contributed by atoms with Gasteiger partial charge in [0.25, 0.3) is 0 Å². The van der Waals surface area contributed by atoms with Crippen LogP contribution in [0.3, 0.4) is 0 Å². The lowest BCUT2D eigenvalue weighted by Gasteiger charge is -1.98. The van der Waals surface area contributed by atoms with E-state index in [4.69, 9.17) is 5.11 Å². The van der Waals surface area contributed by atoms with Gasteiger partial charge in [-0.3, -0.25) is 4.79 Å². The van der Waals surface area contributed by atoms with E-state index < -0.39 is 11.9 Å². The summed E-state index contributed by atoms with van der Waals surface area (Å²) in [5.74, 6) is -0.450. The van der Waals surface area contributed by atoms with Crippen LogP contribution in [0.2, 0.25) is 0 Å². The maximum absolute atomic E-state index is 10.5. The molecule has 4 heteroatoms. The predicted octanol–water partition coefficient (Wildman–Crippen LogP) is 0.205. The Hall–Kier alpha value is -0.830. The Kier molecular flexibility index (Phi) is 4.58. The van der Waals surface area contributed by atoms with Crippen LogP contribution in [0.4, 0.5) is 0 Å². The van der Waals surface area contributed by atoms with E-state index in [0.717, 1.165) is 6.08 Å². The smallest absolute Gasteiger partial charge is 0.185 e. The van der Waals surface area contributed by atoms with Crippen molar-refractivity contribution in [3.63, 3.8) is 0 Å². The second-order valence-electron chi connectivity index (χ2n) is 1.55. The van der Waals surface area contributed by atoms with Crippen LogP contribution in [0.1, 0.15) is 0 Å². The Bertz CT molecular complexity index is 184. The number of aliphatic imine (C=N–C) groups is 1. The lowest BCUT2D eigenvalue weighted by Crippen LogP contribution is -2.20. The van der Waals surface area contributed by atoms with Crippen molar-refractivity contribution in [1.82, 2.24) is 0 Å². The molecule has 0 bridgehead atoms. The maximum Gasteiger partial charge on any atom is 0.185 e. The number of thiocarbonyl (C=S) groups is 1. The summed E-state index contributed by atoms with van der Waals surface area (Å²) in [6.45, 7) is 3.16. The number of hydrogen-bond acceptors (Lipinski definition) is 4. The highest BCUT2D eigenvalue weighted by molar-refractivity contribution is 7.78. The van der Waals surface area contributed by atoms with Gasteiger partial charge in [0.1, 0.15) is 6.10 Å². The fourth-order valence-corrected chi connectivity index (χ4v) is 0.424. The first kappa shape index (κ1) is 9.17. The minimum Gasteiger partial charge on any atom is -0.383 e. The maximum atomic E-state index is 10.5. The standard InChI is InChI=1S/C6H7NO2S/c1-2-5(8)6(9)3-7-4-10/h2,6,9H,1,3H2. The zero-order valence-corrected chi connectivity index (χ0v) is 6.10. The third kappa shape index (κ3) is 3.25. The van der Waals surface area contributed by atoms with Crippen molar-refractivity contribution in [2.45, 2.75) is 6.10 Å². The Morgan fingerprint density at radius 2 is 2.60 bits per heavy atom. The molecule has 0 aliphatic rings. The monoisotopic (exact) mass is 157 g/mol. The summed E-state index contributed by atoms with van der Waals surface area (Å²) in [4.78, 5) is 13.9. The molecule has 1 atom stereocenters. The van der Waals surface area contributed by atoms with Gasteiger partial charge < -0.3 is 5.11 Å². The first-order valence-electron chi connectivity index (χ1n) is 2.60. The van der Waals surface area contributed by atoms with Crippen LogP contribution in [-0.4, -0.2) is 28.7 Å². The SMILES string of the molecule is C=CC(=O)C(O)CN=C=S. The molecule has 0 spiro atoms. The third-order valence-corrected chi connectivity index (χ3v) is 0.987. The van der Waals surface area contributed by atoms with Crippen molar-refractivity contribution in [3.8, 4) is 0 Å². The summed E-state index contributed by atoms with van der Waals surface area (Å²) >= 11 is 4.23. The summed E-state index contributed by atoms with van der Waals surface area (Å²) in [7, 11) is 0. The summed E-state index contributed by atoms with van der Waals surface area (Å²) in [5.41, 5.74) is 0. The molecule has 0 saturated heterocycles. The van der Waals surface area contributed by atoms with Crippen LogP contribution in [0, 0.1) is 0 Å². The summed E-state index contributed by atoms with van der Waals surface area (Å²) < 4.78 is 0. The molecule has 0 aliphatic heterocycles. The molecule has 0 radical (unpaired) electrons. The molecular weight excluding hydrogens is 150 g/mol. The zero-order chi connectivity index (χ0) is 7.98. The van der Waals surface area contributed by atoms with Gasteiger partial charge in [-0.25, -0.2) is 4.99 Å². The van der Waals surface area contributed by atoms with Crippen LogP contribution >= 0.6 is 12.2 Å². The van der Waals surface area contributed by atoms with E-state index in [1.54, 1.807) is 0 Å². The van der Waals surface area contributed by atoms with Crippen molar-refractivity contribution in [2.24, 2.45) is 4.99 Å². The average Bonchev–Trinajstić information content (AvgIpc) is 1.98. The number of hydrogen-bond donors (Lipinski definition) is 1. The number of nitrogens with zero attached hydrogens (tertiary/aromatic N) is 1. The minimum atomic E-state index is -1.12. The molecule has 0 rings (SSSR count). The van der Waals surface area contributed by atoms with Crippen LogP contribution in [0.25, 0.3) is 0 Å². The summed E-state index contributed by atoms with van der Waals surface area (Å²) in [5, 5.41) is 10.9. The van der Waals surface area contributed by atoms with Crippen molar-refractivity contribution in [1.29, 1.82) is 0 Å². The number of ketones is 1. The summed E-state index contributed by atoms with van der Waals surface area (Å²) in [6, 6.07) is 0. The van der Waals surface area contributed by atoms with Crippen LogP contribution in [0.5, 0.6) is 0 Å². The molecule has 0 aromatic heterocycles. The second-order valence-corrected chi connectivity index (χ2v) is 1.74. The first-order valence-corrected chi connectivity index (χ1v) is 3.01. The molecule has 0 aromatic rings. The van der Waals surface area contributed by atoms with Gasteiger partial charge in [0.2, 0.25) is 0 Å². The third-order valence-electron chi connectivity index (χ3n) is 0.858. The van der Waals surface area contributed by atoms with Crippen molar-refractivity contribution in [2.75, 3.05) is 6.54 Å². The van der Waals surface area contributed by atoms with Gasteiger partial charge in [0.05, 0.1) is 11.7 Å². The molecule has 54 valence electrons. The van der Waals surface area contributed by atoms with Gasteiger partial charge in [-0.2, -0.15) is 0 Å². The molecule has 1 N–H and O–H groups in total. The average molecular weight is 157 g/mol. The highest BCUT2D eigenvalue weighted by atomic mass is 32.1. The summed E-state index contributed by atoms with van der Waals surface area (Å²) in [6.07, 6.45) is -0.0724. The fourth-order valence-electron chi connectivity index (χ4n) is 0.350. The highest BCUT2D eigenvalue weighted by Crippen LogP contribution is 1.86. The fraction of sp³-hybridized carbons (Fsp3) is 0.333. The van der Waals surface area contributed by atoms with E-state index in [2.05, 4.69) is 23.8 Å². The normalized spacial score (nSPS) is 11.3. The minimum absolute atomic E-state index is 0.0334. The number of carbonyl (C=O) groups is 1. The molecule has 0 amide bonds. The number of rotatable bonds is 4. The van der Waals surface area contributed by atoms with Crippen molar-refractivity contribution >= 4 is 23.2 Å².